The molecule has 1 aliphatic carbocycles. The molecule has 0 spiro atoms. The van der Waals surface area contributed by atoms with E-state index in [0.29, 0.717) is 26.4 Å². The fraction of sp³-hybridized carbons (Fsp3) is 0. The number of aromatic nitrogens is 2. The zero-order chi connectivity index (χ0) is 18.3. The Morgan fingerprint density at radius 1 is 1.15 bits per heavy atom. The molecule has 2 N–H and O–H groups in total. The second-order valence-electron chi connectivity index (χ2n) is 5.66. The number of hydrogen-bond acceptors (Lipinski definition) is 5. The highest BCUT2D eigenvalue weighted by Crippen LogP contribution is 2.29. The van der Waals surface area contributed by atoms with E-state index in [1.54, 1.807) is 22.6 Å². The molecular formula is C19H12BrN3O2S. The van der Waals surface area contributed by atoms with Crippen molar-refractivity contribution in [2.45, 2.75) is 0 Å². The Hall–Kier alpha value is -2.77. The van der Waals surface area contributed by atoms with Gasteiger partial charge < -0.3 is 5.73 Å². The molecular weight excluding hydrogens is 414 g/mol. The molecule has 1 aliphatic rings. The van der Waals surface area contributed by atoms with E-state index >= 15 is 0 Å². The van der Waals surface area contributed by atoms with E-state index < -0.39 is 5.56 Å². The van der Waals surface area contributed by atoms with Gasteiger partial charge in [0.15, 0.2) is 10.7 Å². The smallest absolute Gasteiger partial charge is 0.283 e. The van der Waals surface area contributed by atoms with Crippen molar-refractivity contribution in [3.8, 4) is 11.3 Å². The van der Waals surface area contributed by atoms with Crippen molar-refractivity contribution in [2.24, 2.45) is 0 Å². The van der Waals surface area contributed by atoms with Crippen molar-refractivity contribution >= 4 is 49.9 Å². The van der Waals surface area contributed by atoms with E-state index in [4.69, 9.17) is 5.73 Å². The highest BCUT2D eigenvalue weighted by molar-refractivity contribution is 9.12. The average molecular weight is 426 g/mol. The summed E-state index contributed by atoms with van der Waals surface area (Å²) in [6.45, 7) is 0. The van der Waals surface area contributed by atoms with E-state index in [0.717, 1.165) is 11.3 Å². The summed E-state index contributed by atoms with van der Waals surface area (Å²) in [6.07, 6.45) is 6.39. The van der Waals surface area contributed by atoms with Gasteiger partial charge in [0, 0.05) is 5.38 Å². The number of nitrogens with two attached hydrogens (primary N) is 1. The summed E-state index contributed by atoms with van der Waals surface area (Å²) in [5, 5.41) is 1.93. The topological polar surface area (TPSA) is 77.5 Å². The van der Waals surface area contributed by atoms with Crippen molar-refractivity contribution < 1.29 is 4.79 Å². The lowest BCUT2D eigenvalue weighted by Crippen LogP contribution is -2.16. The van der Waals surface area contributed by atoms with Crippen molar-refractivity contribution in [2.75, 3.05) is 5.73 Å². The quantitative estimate of drug-likeness (QED) is 0.676. The molecule has 0 saturated heterocycles. The van der Waals surface area contributed by atoms with Crippen molar-refractivity contribution in [1.82, 2.24) is 9.38 Å². The third-order valence-corrected chi connectivity index (χ3v) is 5.43. The minimum absolute atomic E-state index is 0.121. The van der Waals surface area contributed by atoms with Gasteiger partial charge in [0.2, 0.25) is 0 Å². The van der Waals surface area contributed by atoms with Crippen LogP contribution in [0.5, 0.6) is 0 Å². The van der Waals surface area contributed by atoms with Crippen LogP contribution in [0.2, 0.25) is 0 Å². The maximum Gasteiger partial charge on any atom is 0.283 e. The number of carbonyl (C=O) groups is 1. The van der Waals surface area contributed by atoms with E-state index in [9.17, 15) is 9.59 Å². The normalized spacial score (nSPS) is 15.7. The number of carbonyl (C=O) groups excluding carboxylic acids is 1. The number of allylic oxidation sites excluding steroid dienone is 5. The van der Waals surface area contributed by atoms with Crippen LogP contribution in [-0.2, 0) is 4.79 Å². The summed E-state index contributed by atoms with van der Waals surface area (Å²) in [4.78, 5) is 28.7. The lowest BCUT2D eigenvalue weighted by Gasteiger charge is -2.09. The molecule has 7 heteroatoms. The highest BCUT2D eigenvalue weighted by Gasteiger charge is 2.15. The third kappa shape index (κ3) is 2.85. The van der Waals surface area contributed by atoms with Gasteiger partial charge >= 0.3 is 0 Å². The predicted molar refractivity (Wildman–Crippen MR) is 108 cm³/mol. The lowest BCUT2D eigenvalue weighted by atomic mass is 10.1. The predicted octanol–water partition coefficient (Wildman–Crippen LogP) is 3.81. The number of ketones is 1. The molecule has 3 aromatic rings. The van der Waals surface area contributed by atoms with Gasteiger partial charge in [0.05, 0.1) is 15.7 Å². The Bertz CT molecular complexity index is 1190. The molecule has 0 atom stereocenters. The minimum atomic E-state index is -0.397. The molecule has 0 aliphatic heterocycles. The number of anilines is 1. The summed E-state index contributed by atoms with van der Waals surface area (Å²) >= 11 is 4.58. The first-order chi connectivity index (χ1) is 12.5. The van der Waals surface area contributed by atoms with E-state index in [1.807, 2.05) is 35.7 Å². The van der Waals surface area contributed by atoms with Crippen molar-refractivity contribution in [3.05, 3.63) is 79.9 Å². The zero-order valence-corrected chi connectivity index (χ0v) is 15.8. The van der Waals surface area contributed by atoms with Gasteiger partial charge in [0.25, 0.3) is 5.56 Å². The van der Waals surface area contributed by atoms with Crippen LogP contribution in [0, 0.1) is 0 Å². The standard InChI is InChI=1S/C19H12BrN3O2S/c20-14-9-11(6-7-16(14)24)8-13-17(21)23-15(12-4-2-1-3-5-12)10-26-19(23)22-18(13)25/h1-10H,21H2. The highest BCUT2D eigenvalue weighted by atomic mass is 79.9. The number of halogens is 1. The van der Waals surface area contributed by atoms with Crippen LogP contribution < -0.4 is 11.3 Å². The molecule has 0 radical (unpaired) electrons. The SMILES string of the molecule is Nc1c(C=C2C=CC(=O)C(Br)=C2)c(=O)nc2scc(-c3ccccc3)n12. The minimum Gasteiger partial charge on any atom is -0.384 e. The summed E-state index contributed by atoms with van der Waals surface area (Å²) < 4.78 is 2.21. The molecule has 0 unspecified atom stereocenters. The second kappa shape index (κ2) is 6.51. The second-order valence-corrected chi connectivity index (χ2v) is 7.35. The average Bonchev–Trinajstić information content (AvgIpc) is 3.06. The molecule has 0 fully saturated rings. The first kappa shape index (κ1) is 16.7. The Kier molecular flexibility index (Phi) is 4.18. The number of fused-ring (bicyclic) bond motifs is 1. The summed E-state index contributed by atoms with van der Waals surface area (Å²) in [7, 11) is 0. The summed E-state index contributed by atoms with van der Waals surface area (Å²) in [6, 6.07) is 9.79. The van der Waals surface area contributed by atoms with Crippen LogP contribution in [0.25, 0.3) is 22.3 Å². The van der Waals surface area contributed by atoms with Crippen LogP contribution in [-0.4, -0.2) is 15.2 Å². The Labute approximate surface area is 160 Å². The van der Waals surface area contributed by atoms with Gasteiger partial charge in [-0.1, -0.05) is 36.4 Å². The Balaban J connectivity index is 1.93. The first-order valence-corrected chi connectivity index (χ1v) is 9.38. The lowest BCUT2D eigenvalue weighted by molar-refractivity contribution is -0.110. The van der Waals surface area contributed by atoms with Gasteiger partial charge in [-0.2, -0.15) is 4.98 Å². The third-order valence-electron chi connectivity index (χ3n) is 3.99. The number of rotatable bonds is 2. The molecule has 4 rings (SSSR count). The van der Waals surface area contributed by atoms with Crippen LogP contribution in [0.4, 0.5) is 5.82 Å². The fourth-order valence-electron chi connectivity index (χ4n) is 2.72. The first-order valence-electron chi connectivity index (χ1n) is 7.71. The van der Waals surface area contributed by atoms with Crippen LogP contribution in [0.15, 0.2) is 68.8 Å². The van der Waals surface area contributed by atoms with Gasteiger partial charge in [-0.05, 0) is 45.3 Å². The number of thiazole rings is 1. The van der Waals surface area contributed by atoms with Gasteiger partial charge in [0.1, 0.15) is 5.82 Å². The van der Waals surface area contributed by atoms with Crippen LogP contribution >= 0.6 is 27.3 Å². The number of nitrogen functional groups attached to an aromatic ring is 1. The number of nitrogens with zero attached hydrogens (tertiary/aromatic N) is 2. The molecule has 1 aromatic carbocycles. The van der Waals surface area contributed by atoms with Gasteiger partial charge in [-0.25, -0.2) is 0 Å². The maximum absolute atomic E-state index is 12.5. The summed E-state index contributed by atoms with van der Waals surface area (Å²) in [5.74, 6) is 0.201. The fourth-order valence-corrected chi connectivity index (χ4v) is 4.01. The van der Waals surface area contributed by atoms with E-state index in [1.165, 1.54) is 17.4 Å². The molecule has 0 saturated carbocycles. The number of hydrogen-bond donors (Lipinski definition) is 1. The molecule has 2 heterocycles. The van der Waals surface area contributed by atoms with Crippen molar-refractivity contribution in [3.63, 3.8) is 0 Å². The van der Waals surface area contributed by atoms with E-state index in [-0.39, 0.29) is 5.78 Å². The molecule has 5 nitrogen and oxygen atoms in total. The molecule has 128 valence electrons. The molecule has 26 heavy (non-hydrogen) atoms. The van der Waals surface area contributed by atoms with Crippen LogP contribution in [0.3, 0.4) is 0 Å². The number of benzene rings is 1. The van der Waals surface area contributed by atoms with Crippen molar-refractivity contribution in [1.29, 1.82) is 0 Å². The Morgan fingerprint density at radius 3 is 2.65 bits per heavy atom. The van der Waals surface area contributed by atoms with E-state index in [2.05, 4.69) is 20.9 Å². The molecule has 2 aromatic heterocycles. The largest absolute Gasteiger partial charge is 0.384 e. The van der Waals surface area contributed by atoms with Gasteiger partial charge in [-0.15, -0.1) is 11.3 Å². The van der Waals surface area contributed by atoms with Gasteiger partial charge in [-0.3, -0.25) is 14.0 Å². The molecule has 0 bridgehead atoms. The maximum atomic E-state index is 12.5. The zero-order valence-electron chi connectivity index (χ0n) is 13.3. The molecule has 0 amide bonds. The Morgan fingerprint density at radius 2 is 1.92 bits per heavy atom. The van der Waals surface area contributed by atoms with Crippen LogP contribution in [0.1, 0.15) is 5.56 Å². The monoisotopic (exact) mass is 425 g/mol. The summed E-state index contributed by atoms with van der Waals surface area (Å²) in [5.41, 5.74) is 8.80.